The van der Waals surface area contributed by atoms with Crippen LogP contribution in [-0.2, 0) is 11.3 Å². The second kappa shape index (κ2) is 7.48. The Labute approximate surface area is 194 Å². The third-order valence-corrected chi connectivity index (χ3v) is 6.46. The quantitative estimate of drug-likeness (QED) is 0.431. The lowest BCUT2D eigenvalue weighted by molar-refractivity contribution is -0.140. The van der Waals surface area contributed by atoms with Crippen molar-refractivity contribution in [1.82, 2.24) is 34.8 Å². The highest BCUT2D eigenvalue weighted by molar-refractivity contribution is 6.00. The van der Waals surface area contributed by atoms with Crippen molar-refractivity contribution in [3.05, 3.63) is 59.6 Å². The minimum absolute atomic E-state index is 0.0207. The summed E-state index contributed by atoms with van der Waals surface area (Å²) in [7, 11) is 0. The molecule has 2 aliphatic rings. The van der Waals surface area contributed by atoms with Crippen molar-refractivity contribution >= 4 is 28.6 Å². The second-order valence-corrected chi connectivity index (χ2v) is 8.78. The molecule has 180 valence electrons. The summed E-state index contributed by atoms with van der Waals surface area (Å²) in [6.45, 7) is -1.12. The highest BCUT2D eigenvalue weighted by atomic mass is 19.4. The molecule has 1 aliphatic heterocycles. The van der Waals surface area contributed by atoms with E-state index in [0.717, 1.165) is 20.8 Å². The minimum atomic E-state index is -4.37. The van der Waals surface area contributed by atoms with Crippen LogP contribution >= 0.6 is 0 Å². The molecule has 13 heteroatoms. The maximum absolute atomic E-state index is 14.4. The molecule has 9 nitrogen and oxygen atoms in total. The first kappa shape index (κ1) is 21.5. The fourth-order valence-corrected chi connectivity index (χ4v) is 4.73. The van der Waals surface area contributed by atoms with Gasteiger partial charge in [0, 0.05) is 12.1 Å². The van der Waals surface area contributed by atoms with Gasteiger partial charge in [0.05, 0.1) is 35.2 Å². The summed E-state index contributed by atoms with van der Waals surface area (Å²) in [5.41, 5.74) is 2.94. The summed E-state index contributed by atoms with van der Waals surface area (Å²) in [5, 5.41) is 8.95. The summed E-state index contributed by atoms with van der Waals surface area (Å²) >= 11 is 0. The number of halogens is 4. The van der Waals surface area contributed by atoms with Gasteiger partial charge < -0.3 is 9.88 Å². The van der Waals surface area contributed by atoms with Gasteiger partial charge in [-0.2, -0.15) is 27.2 Å². The highest BCUT2D eigenvalue weighted by Crippen LogP contribution is 2.56. The summed E-state index contributed by atoms with van der Waals surface area (Å²) < 4.78 is 55.4. The zero-order valence-corrected chi connectivity index (χ0v) is 17.9. The molecule has 3 atom stereocenters. The molecule has 35 heavy (non-hydrogen) atoms. The number of amides is 3. The molecular weight excluding hydrogens is 470 g/mol. The van der Waals surface area contributed by atoms with Gasteiger partial charge in [0.25, 0.3) is 0 Å². The first-order valence-electron chi connectivity index (χ1n) is 10.8. The summed E-state index contributed by atoms with van der Waals surface area (Å²) in [5.74, 6) is -2.17. The molecule has 3 amide bonds. The number of aromatic nitrogens is 5. The van der Waals surface area contributed by atoms with Gasteiger partial charge in [-0.15, -0.1) is 0 Å². The highest BCUT2D eigenvalue weighted by Gasteiger charge is 2.42. The number of carbonyl (C=O) groups is 2. The van der Waals surface area contributed by atoms with E-state index >= 15 is 0 Å². The van der Waals surface area contributed by atoms with E-state index in [0.29, 0.717) is 28.7 Å². The number of nitrogens with one attached hydrogen (secondary N) is 2. The Morgan fingerprint density at radius 3 is 2.71 bits per heavy atom. The number of nitrogens with zero attached hydrogens (tertiary/aromatic N) is 5. The Bertz CT molecular complexity index is 1510. The van der Waals surface area contributed by atoms with Crippen LogP contribution in [0, 0.1) is 5.95 Å². The van der Waals surface area contributed by atoms with Crippen LogP contribution in [0.15, 0.2) is 36.8 Å². The molecule has 4 aromatic rings. The van der Waals surface area contributed by atoms with Crippen molar-refractivity contribution in [2.24, 2.45) is 0 Å². The number of imidazole rings is 2. The number of fused-ring (bicyclic) bond motifs is 2. The number of carbonyl (C=O) groups excluding carboxylic acids is 2. The summed E-state index contributed by atoms with van der Waals surface area (Å²) in [4.78, 5) is 32.0. The lowest BCUT2D eigenvalue weighted by atomic mass is 9.99. The van der Waals surface area contributed by atoms with Crippen LogP contribution in [0.4, 0.5) is 22.4 Å². The van der Waals surface area contributed by atoms with Gasteiger partial charge in [-0.25, -0.2) is 14.8 Å². The summed E-state index contributed by atoms with van der Waals surface area (Å²) in [6, 6.07) is 6.30. The van der Waals surface area contributed by atoms with Crippen LogP contribution in [0.2, 0.25) is 0 Å². The molecular formula is C22H17F4N7O2. The molecule has 0 radical (unpaired) electrons. The Morgan fingerprint density at radius 2 is 1.94 bits per heavy atom. The molecule has 4 heterocycles. The number of hydrogen-bond acceptors (Lipinski definition) is 5. The molecule has 0 spiro atoms. The normalized spacial score (nSPS) is 22.5. The van der Waals surface area contributed by atoms with Crippen LogP contribution in [-0.4, -0.2) is 48.8 Å². The van der Waals surface area contributed by atoms with E-state index in [9.17, 15) is 27.2 Å². The molecule has 1 saturated carbocycles. The average Bonchev–Trinajstić information content (AvgIpc) is 3.38. The zero-order chi connectivity index (χ0) is 24.5. The number of alkyl halides is 3. The van der Waals surface area contributed by atoms with E-state index in [4.69, 9.17) is 0 Å². The third-order valence-electron chi connectivity index (χ3n) is 6.46. The first-order valence-corrected chi connectivity index (χ1v) is 10.8. The average molecular weight is 487 g/mol. The number of urea groups is 1. The van der Waals surface area contributed by atoms with Crippen LogP contribution in [0.5, 0.6) is 0 Å². The van der Waals surface area contributed by atoms with Gasteiger partial charge >= 0.3 is 12.2 Å². The van der Waals surface area contributed by atoms with Crippen molar-refractivity contribution in [3.8, 4) is 0 Å². The lowest BCUT2D eigenvalue weighted by Gasteiger charge is -2.22. The van der Waals surface area contributed by atoms with Crippen molar-refractivity contribution < 1.29 is 27.2 Å². The number of benzene rings is 1. The fourth-order valence-electron chi connectivity index (χ4n) is 4.73. The third kappa shape index (κ3) is 3.76. The van der Waals surface area contributed by atoms with Gasteiger partial charge in [-0.3, -0.25) is 10.1 Å². The van der Waals surface area contributed by atoms with Crippen molar-refractivity contribution in [1.29, 1.82) is 0 Å². The van der Waals surface area contributed by atoms with E-state index in [2.05, 4.69) is 25.7 Å². The van der Waals surface area contributed by atoms with E-state index in [1.165, 1.54) is 6.33 Å². The van der Waals surface area contributed by atoms with Gasteiger partial charge in [-0.05, 0) is 42.0 Å². The van der Waals surface area contributed by atoms with Gasteiger partial charge in [0.15, 0.2) is 5.65 Å². The van der Waals surface area contributed by atoms with Crippen molar-refractivity contribution in [3.63, 3.8) is 0 Å². The maximum atomic E-state index is 14.4. The second-order valence-electron chi connectivity index (χ2n) is 8.78. The predicted molar refractivity (Wildman–Crippen MR) is 113 cm³/mol. The van der Waals surface area contributed by atoms with E-state index in [1.807, 2.05) is 6.07 Å². The Morgan fingerprint density at radius 1 is 1.11 bits per heavy atom. The molecule has 1 aromatic carbocycles. The minimum Gasteiger partial charge on any atom is -0.337 e. The number of imide groups is 1. The Kier molecular flexibility index (Phi) is 4.60. The van der Waals surface area contributed by atoms with Crippen LogP contribution in [0.3, 0.4) is 0 Å². The van der Waals surface area contributed by atoms with Gasteiger partial charge in [-0.1, -0.05) is 6.07 Å². The molecule has 2 N–H and O–H groups in total. The Balaban J connectivity index is 1.36. The zero-order valence-electron chi connectivity index (χ0n) is 17.9. The monoisotopic (exact) mass is 487 g/mol. The molecule has 1 unspecified atom stereocenters. The number of hydrogen-bond donors (Lipinski definition) is 2. The fraction of sp³-hybridized carbons (Fsp3) is 0.318. The van der Waals surface area contributed by atoms with E-state index < -0.39 is 36.5 Å². The largest absolute Gasteiger partial charge is 0.406 e. The molecule has 3 aromatic heterocycles. The standard InChI is InChI=1S/C22H17F4N7O2/c23-18-7-27-19-13(5-16(31-33(18)19)14-6-28-21(35)30-20(14)34)12-4-11(12)10-1-2-15-17(3-10)32(9-29-15)8-22(24,25)26/h1-3,5,7,9,11-12,14H,4,6,8H2,(H2,28,30,34,35)/t11-,12+,14?/m1/s1. The topological polar surface area (TPSA) is 106 Å². The SMILES string of the molecule is O=C1NCC(c2cc([C@H]3C[C@@H]3c3ccc4ncn(CC(F)(F)F)c4c3)c3ncc(F)n3n2)C(=O)N1. The van der Waals surface area contributed by atoms with Crippen molar-refractivity contribution in [2.45, 2.75) is 36.9 Å². The van der Waals surface area contributed by atoms with Crippen LogP contribution in [0.25, 0.3) is 16.7 Å². The molecule has 2 fully saturated rings. The number of rotatable bonds is 4. The van der Waals surface area contributed by atoms with Crippen molar-refractivity contribution in [2.75, 3.05) is 6.54 Å². The molecule has 0 bridgehead atoms. The van der Waals surface area contributed by atoms with E-state index in [1.54, 1.807) is 18.2 Å². The maximum Gasteiger partial charge on any atom is 0.406 e. The van der Waals surface area contributed by atoms with E-state index in [-0.39, 0.29) is 24.1 Å². The molecule has 1 aliphatic carbocycles. The van der Waals surface area contributed by atoms with Crippen LogP contribution < -0.4 is 10.6 Å². The molecule has 1 saturated heterocycles. The lowest BCUT2D eigenvalue weighted by Crippen LogP contribution is -2.51. The Hall–Kier alpha value is -4.03. The first-order chi connectivity index (χ1) is 16.7. The molecule has 6 rings (SSSR count). The van der Waals surface area contributed by atoms with Crippen LogP contribution in [0.1, 0.15) is 41.0 Å². The van der Waals surface area contributed by atoms with Gasteiger partial charge in [0.1, 0.15) is 6.54 Å². The smallest absolute Gasteiger partial charge is 0.337 e. The van der Waals surface area contributed by atoms with Gasteiger partial charge in [0.2, 0.25) is 11.9 Å². The summed E-state index contributed by atoms with van der Waals surface area (Å²) in [6.07, 6.45) is -1.50. The predicted octanol–water partition coefficient (Wildman–Crippen LogP) is 2.97.